The van der Waals surface area contributed by atoms with Crippen LogP contribution in [-0.4, -0.2) is 41.3 Å². The van der Waals surface area contributed by atoms with Crippen LogP contribution in [0.4, 0.5) is 5.82 Å². The molecule has 0 amide bonds. The highest BCUT2D eigenvalue weighted by Crippen LogP contribution is 2.35. The average Bonchev–Trinajstić information content (AvgIpc) is 2.80. The maximum Gasteiger partial charge on any atom is 0.162 e. The van der Waals surface area contributed by atoms with Crippen molar-refractivity contribution in [2.24, 2.45) is 5.73 Å². The fourth-order valence-corrected chi connectivity index (χ4v) is 3.43. The number of aryl methyl sites for hydroxylation is 2. The molecule has 0 aliphatic carbocycles. The van der Waals surface area contributed by atoms with E-state index in [1.54, 1.807) is 18.5 Å². The van der Waals surface area contributed by atoms with Crippen LogP contribution in [0, 0.1) is 25.2 Å². The van der Waals surface area contributed by atoms with Gasteiger partial charge in [-0.2, -0.15) is 5.26 Å². The zero-order valence-electron chi connectivity index (χ0n) is 17.6. The van der Waals surface area contributed by atoms with Gasteiger partial charge in [0.05, 0.1) is 30.4 Å². The van der Waals surface area contributed by atoms with Crippen molar-refractivity contribution in [1.29, 1.82) is 5.26 Å². The minimum Gasteiger partial charge on any atom is -0.456 e. The number of hydrogen-bond acceptors (Lipinski definition) is 8. The SMILES string of the molecule is Cc1cc(Oc2cc(C#N)c(C)cc2-c2ncc(CN)cn2)cc(N2CCOCC2)n1. The van der Waals surface area contributed by atoms with Crippen molar-refractivity contribution in [3.8, 4) is 29.0 Å². The molecule has 8 heteroatoms. The third-order valence-electron chi connectivity index (χ3n) is 5.11. The fraction of sp³-hybridized carbons (Fsp3) is 0.304. The van der Waals surface area contributed by atoms with Crippen molar-refractivity contribution < 1.29 is 9.47 Å². The number of nitrogens with two attached hydrogens (primary N) is 1. The van der Waals surface area contributed by atoms with Crippen LogP contribution < -0.4 is 15.4 Å². The number of nitriles is 1. The number of pyridine rings is 1. The first-order valence-corrected chi connectivity index (χ1v) is 10.1. The molecule has 4 rings (SSSR count). The highest BCUT2D eigenvalue weighted by molar-refractivity contribution is 5.68. The monoisotopic (exact) mass is 416 g/mol. The number of ether oxygens (including phenoxy) is 2. The summed E-state index contributed by atoms with van der Waals surface area (Å²) in [4.78, 5) is 15.7. The molecule has 2 aromatic heterocycles. The highest BCUT2D eigenvalue weighted by atomic mass is 16.5. The summed E-state index contributed by atoms with van der Waals surface area (Å²) in [5.41, 5.74) is 9.43. The Morgan fingerprint density at radius 2 is 1.87 bits per heavy atom. The molecule has 1 fully saturated rings. The van der Waals surface area contributed by atoms with E-state index in [4.69, 9.17) is 15.2 Å². The zero-order chi connectivity index (χ0) is 21.8. The van der Waals surface area contributed by atoms with Crippen LogP contribution in [0.1, 0.15) is 22.4 Å². The molecule has 1 aliphatic heterocycles. The third-order valence-corrected chi connectivity index (χ3v) is 5.11. The van der Waals surface area contributed by atoms with E-state index >= 15 is 0 Å². The van der Waals surface area contributed by atoms with E-state index in [9.17, 15) is 5.26 Å². The maximum atomic E-state index is 9.52. The molecule has 0 unspecified atom stereocenters. The zero-order valence-corrected chi connectivity index (χ0v) is 17.6. The van der Waals surface area contributed by atoms with Crippen LogP contribution >= 0.6 is 0 Å². The van der Waals surface area contributed by atoms with Gasteiger partial charge in [-0.3, -0.25) is 0 Å². The standard InChI is InChI=1S/C23H24N6O2/c1-15-7-20(23-26-13-17(11-24)14-27-23)21(9-18(15)12-25)31-19-8-16(2)28-22(10-19)29-3-5-30-6-4-29/h7-10,13-14H,3-6,11,24H2,1-2H3. The maximum absolute atomic E-state index is 9.52. The van der Waals surface area contributed by atoms with Crippen molar-refractivity contribution in [3.05, 3.63) is 59.0 Å². The van der Waals surface area contributed by atoms with E-state index in [0.29, 0.717) is 48.2 Å². The van der Waals surface area contributed by atoms with Crippen LogP contribution in [0.25, 0.3) is 11.4 Å². The minimum absolute atomic E-state index is 0.372. The van der Waals surface area contributed by atoms with E-state index in [0.717, 1.165) is 35.7 Å². The van der Waals surface area contributed by atoms with Gasteiger partial charge in [0, 0.05) is 55.4 Å². The fourth-order valence-electron chi connectivity index (χ4n) is 3.43. The largest absolute Gasteiger partial charge is 0.456 e. The number of morpholine rings is 1. The number of benzene rings is 1. The quantitative estimate of drug-likeness (QED) is 0.675. The lowest BCUT2D eigenvalue weighted by Gasteiger charge is -2.28. The van der Waals surface area contributed by atoms with Crippen molar-refractivity contribution >= 4 is 5.82 Å². The first-order valence-electron chi connectivity index (χ1n) is 10.1. The van der Waals surface area contributed by atoms with Crippen molar-refractivity contribution in [1.82, 2.24) is 15.0 Å². The lowest BCUT2D eigenvalue weighted by Crippen LogP contribution is -2.36. The predicted octanol–water partition coefficient (Wildman–Crippen LogP) is 3.11. The summed E-state index contributed by atoms with van der Waals surface area (Å²) in [5.74, 6) is 2.51. The molecular formula is C23H24N6O2. The molecule has 31 heavy (non-hydrogen) atoms. The Kier molecular flexibility index (Phi) is 6.07. The molecule has 158 valence electrons. The number of aromatic nitrogens is 3. The molecule has 0 atom stereocenters. The molecule has 3 aromatic rings. The summed E-state index contributed by atoms with van der Waals surface area (Å²) in [7, 11) is 0. The Balaban J connectivity index is 1.73. The van der Waals surface area contributed by atoms with Crippen LogP contribution in [0.5, 0.6) is 11.5 Å². The minimum atomic E-state index is 0.372. The number of anilines is 1. The normalized spacial score (nSPS) is 13.7. The van der Waals surface area contributed by atoms with E-state index in [2.05, 4.69) is 25.9 Å². The average molecular weight is 416 g/mol. The lowest BCUT2D eigenvalue weighted by molar-refractivity contribution is 0.122. The van der Waals surface area contributed by atoms with Crippen LogP contribution in [0.2, 0.25) is 0 Å². The summed E-state index contributed by atoms with van der Waals surface area (Å²) in [6, 6.07) is 9.61. The first-order chi connectivity index (χ1) is 15.1. The van der Waals surface area contributed by atoms with E-state index in [1.165, 1.54) is 0 Å². The second kappa shape index (κ2) is 9.08. The van der Waals surface area contributed by atoms with E-state index < -0.39 is 0 Å². The second-order valence-corrected chi connectivity index (χ2v) is 7.40. The van der Waals surface area contributed by atoms with Gasteiger partial charge < -0.3 is 20.1 Å². The Labute approximate surface area is 181 Å². The van der Waals surface area contributed by atoms with Gasteiger partial charge in [-0.25, -0.2) is 15.0 Å². The molecule has 0 spiro atoms. The van der Waals surface area contributed by atoms with Crippen LogP contribution in [-0.2, 0) is 11.3 Å². The molecule has 1 saturated heterocycles. The summed E-state index contributed by atoms with van der Waals surface area (Å²) < 4.78 is 11.7. The summed E-state index contributed by atoms with van der Waals surface area (Å²) >= 11 is 0. The molecule has 8 nitrogen and oxygen atoms in total. The molecule has 1 aliphatic rings. The van der Waals surface area contributed by atoms with Gasteiger partial charge in [-0.1, -0.05) is 0 Å². The Bertz CT molecular complexity index is 1120. The second-order valence-electron chi connectivity index (χ2n) is 7.40. The molecule has 2 N–H and O–H groups in total. The predicted molar refractivity (Wildman–Crippen MR) is 117 cm³/mol. The highest BCUT2D eigenvalue weighted by Gasteiger charge is 2.17. The van der Waals surface area contributed by atoms with Crippen molar-refractivity contribution in [2.75, 3.05) is 31.2 Å². The number of hydrogen-bond donors (Lipinski definition) is 1. The summed E-state index contributed by atoms with van der Waals surface area (Å²) in [5, 5.41) is 9.52. The summed E-state index contributed by atoms with van der Waals surface area (Å²) in [6.07, 6.45) is 3.40. The van der Waals surface area contributed by atoms with Gasteiger partial charge >= 0.3 is 0 Å². The van der Waals surface area contributed by atoms with Crippen LogP contribution in [0.3, 0.4) is 0 Å². The third kappa shape index (κ3) is 4.63. The smallest absolute Gasteiger partial charge is 0.162 e. The molecular weight excluding hydrogens is 392 g/mol. The molecule has 0 bridgehead atoms. The van der Waals surface area contributed by atoms with Crippen molar-refractivity contribution in [2.45, 2.75) is 20.4 Å². The van der Waals surface area contributed by atoms with Crippen molar-refractivity contribution in [3.63, 3.8) is 0 Å². The summed E-state index contributed by atoms with van der Waals surface area (Å²) in [6.45, 7) is 7.11. The Hall–Kier alpha value is -3.54. The van der Waals surface area contributed by atoms with Gasteiger partial charge in [-0.05, 0) is 31.5 Å². The Morgan fingerprint density at radius 1 is 1.13 bits per heavy atom. The lowest BCUT2D eigenvalue weighted by atomic mass is 10.0. The topological polar surface area (TPSA) is 110 Å². The van der Waals surface area contributed by atoms with E-state index in [1.807, 2.05) is 32.0 Å². The molecule has 3 heterocycles. The van der Waals surface area contributed by atoms with Gasteiger partial charge in [0.2, 0.25) is 0 Å². The van der Waals surface area contributed by atoms with Crippen LogP contribution in [0.15, 0.2) is 36.7 Å². The molecule has 1 aromatic carbocycles. The van der Waals surface area contributed by atoms with Gasteiger partial charge in [0.1, 0.15) is 17.3 Å². The molecule has 0 radical (unpaired) electrons. The Morgan fingerprint density at radius 3 is 2.55 bits per heavy atom. The molecule has 0 saturated carbocycles. The van der Waals surface area contributed by atoms with Gasteiger partial charge in [-0.15, -0.1) is 0 Å². The van der Waals surface area contributed by atoms with Gasteiger partial charge in [0.15, 0.2) is 5.82 Å². The number of rotatable bonds is 5. The first kappa shape index (κ1) is 20.7. The number of nitrogens with zero attached hydrogens (tertiary/aromatic N) is 5. The van der Waals surface area contributed by atoms with Gasteiger partial charge in [0.25, 0.3) is 0 Å². The van der Waals surface area contributed by atoms with E-state index in [-0.39, 0.29) is 0 Å².